The third-order valence-electron chi connectivity index (χ3n) is 4.48. The predicted octanol–water partition coefficient (Wildman–Crippen LogP) is 2.97. The van der Waals surface area contributed by atoms with Gasteiger partial charge in [-0.15, -0.1) is 0 Å². The highest BCUT2D eigenvalue weighted by Gasteiger charge is 2.34. The molecule has 0 aromatic heterocycles. The van der Waals surface area contributed by atoms with Gasteiger partial charge in [0.15, 0.2) is 0 Å². The summed E-state index contributed by atoms with van der Waals surface area (Å²) in [6.07, 6.45) is 3.72. The first-order valence-electron chi connectivity index (χ1n) is 7.94. The molecule has 2 aliphatic rings. The molecule has 0 aromatic carbocycles. The molecule has 1 heterocycles. The molecule has 2 rings (SSSR count). The molecule has 0 unspecified atom stereocenters. The van der Waals surface area contributed by atoms with Gasteiger partial charge in [0.1, 0.15) is 5.60 Å². The number of hydrogen-bond donors (Lipinski definition) is 0. The van der Waals surface area contributed by atoms with E-state index in [1.165, 1.54) is 12.8 Å². The van der Waals surface area contributed by atoms with Crippen molar-refractivity contribution in [2.75, 3.05) is 26.7 Å². The van der Waals surface area contributed by atoms with E-state index in [0.717, 1.165) is 32.0 Å². The molecule has 1 aliphatic carbocycles. The van der Waals surface area contributed by atoms with Crippen molar-refractivity contribution in [2.45, 2.75) is 58.6 Å². The fraction of sp³-hybridized carbons (Fsp3) is 0.938. The van der Waals surface area contributed by atoms with Gasteiger partial charge in [-0.1, -0.05) is 0 Å². The molecule has 1 aliphatic heterocycles. The molecule has 4 heteroatoms. The maximum Gasteiger partial charge on any atom is 0.410 e. The number of hydrogen-bond acceptors (Lipinski definition) is 3. The Balaban J connectivity index is 1.75. The summed E-state index contributed by atoms with van der Waals surface area (Å²) in [5.74, 6) is 1.50. The Bertz CT molecular complexity index is 347. The number of carbonyl (C=O) groups excluding carboxylic acids is 1. The van der Waals surface area contributed by atoms with Crippen LogP contribution in [0.25, 0.3) is 0 Å². The van der Waals surface area contributed by atoms with Crippen molar-refractivity contribution >= 4 is 6.09 Å². The zero-order valence-corrected chi connectivity index (χ0v) is 13.7. The Hall–Kier alpha value is -0.770. The Morgan fingerprint density at radius 1 is 1.35 bits per heavy atom. The molecule has 1 saturated carbocycles. The number of ether oxygens (including phenoxy) is 1. The predicted molar refractivity (Wildman–Crippen MR) is 80.7 cm³/mol. The maximum atomic E-state index is 12.0. The van der Waals surface area contributed by atoms with Crippen LogP contribution in [0, 0.1) is 11.8 Å². The van der Waals surface area contributed by atoms with Gasteiger partial charge in [-0.3, -0.25) is 0 Å². The van der Waals surface area contributed by atoms with Crippen molar-refractivity contribution in [3.63, 3.8) is 0 Å². The lowest BCUT2D eigenvalue weighted by Gasteiger charge is -2.28. The number of amides is 1. The first-order valence-corrected chi connectivity index (χ1v) is 7.94. The summed E-state index contributed by atoms with van der Waals surface area (Å²) in [5.41, 5.74) is -0.396. The molecule has 20 heavy (non-hydrogen) atoms. The van der Waals surface area contributed by atoms with E-state index < -0.39 is 5.60 Å². The van der Waals surface area contributed by atoms with Gasteiger partial charge in [0.2, 0.25) is 0 Å². The van der Waals surface area contributed by atoms with E-state index in [2.05, 4.69) is 18.9 Å². The highest BCUT2D eigenvalue weighted by molar-refractivity contribution is 5.68. The standard InChI is InChI=1S/C16H30N2O2/c1-12(14-6-7-14)17(5)10-13-8-9-18(11-13)15(19)20-16(2,3)4/h12-14H,6-11H2,1-5H3/t12-,13+/m0/s1. The van der Waals surface area contributed by atoms with Crippen molar-refractivity contribution in [3.8, 4) is 0 Å². The molecule has 0 spiro atoms. The summed E-state index contributed by atoms with van der Waals surface area (Å²) >= 11 is 0. The maximum absolute atomic E-state index is 12.0. The highest BCUT2D eigenvalue weighted by atomic mass is 16.6. The van der Waals surface area contributed by atoms with Crippen LogP contribution in [0.5, 0.6) is 0 Å². The highest BCUT2D eigenvalue weighted by Crippen LogP contribution is 2.35. The van der Waals surface area contributed by atoms with Crippen LogP contribution in [-0.4, -0.2) is 54.2 Å². The van der Waals surface area contributed by atoms with Gasteiger partial charge < -0.3 is 14.5 Å². The summed E-state index contributed by atoms with van der Waals surface area (Å²) in [4.78, 5) is 16.4. The molecule has 1 saturated heterocycles. The molecule has 0 N–H and O–H groups in total. The van der Waals surface area contributed by atoms with E-state index in [-0.39, 0.29) is 6.09 Å². The number of likely N-dealkylation sites (tertiary alicyclic amines) is 1. The second-order valence-electron chi connectivity index (χ2n) is 7.60. The van der Waals surface area contributed by atoms with Gasteiger partial charge in [-0.05, 0) is 65.8 Å². The Morgan fingerprint density at radius 2 is 2.00 bits per heavy atom. The van der Waals surface area contributed by atoms with Crippen molar-refractivity contribution in [1.29, 1.82) is 0 Å². The van der Waals surface area contributed by atoms with Gasteiger partial charge in [-0.25, -0.2) is 4.79 Å². The molecular weight excluding hydrogens is 252 g/mol. The molecule has 2 atom stereocenters. The quantitative estimate of drug-likeness (QED) is 0.794. The average Bonchev–Trinajstić information content (AvgIpc) is 3.06. The lowest BCUT2D eigenvalue weighted by molar-refractivity contribution is 0.0284. The molecule has 0 aromatic rings. The van der Waals surface area contributed by atoms with Crippen molar-refractivity contribution < 1.29 is 9.53 Å². The first-order chi connectivity index (χ1) is 9.26. The normalized spacial score (nSPS) is 25.1. The SMILES string of the molecule is C[C@@H](C1CC1)N(C)C[C@H]1CCN(C(=O)OC(C)(C)C)C1. The number of carbonyl (C=O) groups is 1. The van der Waals surface area contributed by atoms with Gasteiger partial charge in [-0.2, -0.15) is 0 Å². The molecule has 1 amide bonds. The average molecular weight is 282 g/mol. The fourth-order valence-corrected chi connectivity index (χ4v) is 2.99. The van der Waals surface area contributed by atoms with E-state index in [0.29, 0.717) is 12.0 Å². The Kier molecular flexibility index (Phi) is 4.62. The number of rotatable bonds is 4. The van der Waals surface area contributed by atoms with Crippen LogP contribution in [0.2, 0.25) is 0 Å². The summed E-state index contributed by atoms with van der Waals surface area (Å²) in [5, 5.41) is 0. The smallest absolute Gasteiger partial charge is 0.410 e. The molecule has 116 valence electrons. The molecule has 2 fully saturated rings. The largest absolute Gasteiger partial charge is 0.444 e. The monoisotopic (exact) mass is 282 g/mol. The zero-order valence-electron chi connectivity index (χ0n) is 13.7. The van der Waals surface area contributed by atoms with E-state index in [4.69, 9.17) is 4.74 Å². The lowest BCUT2D eigenvalue weighted by Crippen LogP contribution is -2.38. The van der Waals surface area contributed by atoms with E-state index in [1.807, 2.05) is 25.7 Å². The molecular formula is C16H30N2O2. The van der Waals surface area contributed by atoms with Crippen LogP contribution in [-0.2, 0) is 4.74 Å². The topological polar surface area (TPSA) is 32.8 Å². The van der Waals surface area contributed by atoms with Crippen LogP contribution >= 0.6 is 0 Å². The second kappa shape index (κ2) is 5.92. The van der Waals surface area contributed by atoms with Crippen molar-refractivity contribution in [2.24, 2.45) is 11.8 Å². The van der Waals surface area contributed by atoms with E-state index in [1.54, 1.807) is 0 Å². The van der Waals surface area contributed by atoms with Crippen molar-refractivity contribution in [1.82, 2.24) is 9.80 Å². The van der Waals surface area contributed by atoms with Crippen LogP contribution in [0.4, 0.5) is 4.79 Å². The number of nitrogens with zero attached hydrogens (tertiary/aromatic N) is 2. The van der Waals surface area contributed by atoms with Crippen LogP contribution in [0.15, 0.2) is 0 Å². The summed E-state index contributed by atoms with van der Waals surface area (Å²) in [6, 6.07) is 0.686. The summed E-state index contributed by atoms with van der Waals surface area (Å²) < 4.78 is 5.44. The van der Waals surface area contributed by atoms with Crippen LogP contribution in [0.3, 0.4) is 0 Å². The third-order valence-corrected chi connectivity index (χ3v) is 4.48. The minimum atomic E-state index is -0.396. The van der Waals surface area contributed by atoms with E-state index >= 15 is 0 Å². The van der Waals surface area contributed by atoms with Crippen LogP contribution in [0.1, 0.15) is 47.0 Å². The summed E-state index contributed by atoms with van der Waals surface area (Å²) in [6.45, 7) is 10.9. The molecule has 0 bridgehead atoms. The lowest BCUT2D eigenvalue weighted by atomic mass is 10.1. The van der Waals surface area contributed by atoms with Gasteiger partial charge >= 0.3 is 6.09 Å². The fourth-order valence-electron chi connectivity index (χ4n) is 2.99. The van der Waals surface area contributed by atoms with E-state index in [9.17, 15) is 4.79 Å². The van der Waals surface area contributed by atoms with Gasteiger partial charge in [0, 0.05) is 25.7 Å². The summed E-state index contributed by atoms with van der Waals surface area (Å²) in [7, 11) is 2.22. The van der Waals surface area contributed by atoms with Gasteiger partial charge in [0.25, 0.3) is 0 Å². The van der Waals surface area contributed by atoms with Gasteiger partial charge in [0.05, 0.1) is 0 Å². The van der Waals surface area contributed by atoms with Crippen LogP contribution < -0.4 is 0 Å². The molecule has 4 nitrogen and oxygen atoms in total. The Morgan fingerprint density at radius 3 is 2.55 bits per heavy atom. The minimum absolute atomic E-state index is 0.155. The minimum Gasteiger partial charge on any atom is -0.444 e. The first kappa shape index (κ1) is 15.6. The second-order valence-corrected chi connectivity index (χ2v) is 7.60. The molecule has 0 radical (unpaired) electrons. The van der Waals surface area contributed by atoms with Crippen molar-refractivity contribution in [3.05, 3.63) is 0 Å². The zero-order chi connectivity index (χ0) is 14.9. The Labute approximate surface area is 123 Å². The third kappa shape index (κ3) is 4.37.